The van der Waals surface area contributed by atoms with Crippen molar-refractivity contribution in [1.29, 1.82) is 5.26 Å². The smallest absolute Gasteiger partial charge is 0.213 e. The van der Waals surface area contributed by atoms with Gasteiger partial charge in [-0.05, 0) is 46.3 Å². The van der Waals surface area contributed by atoms with E-state index in [0.29, 0.717) is 4.88 Å². The second kappa shape index (κ2) is 9.70. The third-order valence-electron chi connectivity index (χ3n) is 5.78. The van der Waals surface area contributed by atoms with Crippen molar-refractivity contribution in [1.82, 2.24) is 0 Å². The predicted octanol–water partition coefficient (Wildman–Crippen LogP) is 6.89. The van der Waals surface area contributed by atoms with E-state index in [1.807, 2.05) is 66.0 Å². The highest BCUT2D eigenvalue weighted by Gasteiger charge is 2.29. The number of allylic oxidation sites excluding steroid dienone is 1. The van der Waals surface area contributed by atoms with Crippen LogP contribution in [-0.4, -0.2) is 11.5 Å². The summed E-state index contributed by atoms with van der Waals surface area (Å²) in [6, 6.07) is 34.2. The van der Waals surface area contributed by atoms with E-state index in [1.165, 1.54) is 16.9 Å². The van der Waals surface area contributed by atoms with Gasteiger partial charge in [0, 0.05) is 6.42 Å². The van der Waals surface area contributed by atoms with Crippen molar-refractivity contribution < 1.29 is 4.79 Å². The number of rotatable bonds is 6. The van der Waals surface area contributed by atoms with Crippen LogP contribution >= 0.6 is 11.3 Å². The molecule has 0 saturated heterocycles. The molecule has 0 radical (unpaired) electrons. The summed E-state index contributed by atoms with van der Waals surface area (Å²) in [7, 11) is 0. The van der Waals surface area contributed by atoms with E-state index in [4.69, 9.17) is 5.10 Å². The second-order valence-electron chi connectivity index (χ2n) is 7.96. The quantitative estimate of drug-likeness (QED) is 0.179. The molecule has 0 amide bonds. The molecule has 0 saturated carbocycles. The highest BCUT2D eigenvalue weighted by Crippen LogP contribution is 2.36. The zero-order valence-electron chi connectivity index (χ0n) is 18.3. The number of nitriles is 1. The first-order valence-corrected chi connectivity index (χ1v) is 11.9. The summed E-state index contributed by atoms with van der Waals surface area (Å²) < 4.78 is 0. The van der Waals surface area contributed by atoms with Crippen LogP contribution in [0.5, 0.6) is 0 Å². The van der Waals surface area contributed by atoms with E-state index in [1.54, 1.807) is 12.1 Å². The van der Waals surface area contributed by atoms with Crippen molar-refractivity contribution in [2.24, 2.45) is 5.10 Å². The molecule has 0 fully saturated rings. The van der Waals surface area contributed by atoms with Gasteiger partial charge in [0.25, 0.3) is 0 Å². The Labute approximate surface area is 202 Å². The number of anilines is 1. The maximum atomic E-state index is 12.6. The average molecular weight is 460 g/mol. The number of Topliss-reactive ketones (excluding diaryl/α,β-unsaturated/α-hetero) is 1. The summed E-state index contributed by atoms with van der Waals surface area (Å²) in [5.41, 5.74) is 5.26. The molecule has 0 bridgehead atoms. The van der Waals surface area contributed by atoms with Gasteiger partial charge in [-0.1, -0.05) is 78.9 Å². The van der Waals surface area contributed by atoms with E-state index >= 15 is 0 Å². The SMILES string of the molecule is N#C/C(=C\c1ccc(N2N=C(c3ccccc3)CC2c2ccccc2)cc1)C(=O)c1cccs1. The Bertz CT molecular complexity index is 1380. The second-order valence-corrected chi connectivity index (χ2v) is 8.90. The number of thiophene rings is 1. The molecule has 34 heavy (non-hydrogen) atoms. The fourth-order valence-electron chi connectivity index (χ4n) is 4.07. The topological polar surface area (TPSA) is 56.5 Å². The molecule has 1 aliphatic rings. The lowest BCUT2D eigenvalue weighted by Gasteiger charge is -2.24. The van der Waals surface area contributed by atoms with Gasteiger partial charge >= 0.3 is 0 Å². The molecule has 3 aromatic carbocycles. The normalized spacial score (nSPS) is 15.6. The van der Waals surface area contributed by atoms with Crippen LogP contribution in [0, 0.1) is 11.3 Å². The van der Waals surface area contributed by atoms with Gasteiger partial charge in [0.1, 0.15) is 11.6 Å². The largest absolute Gasteiger partial charge is 0.287 e. The first-order valence-electron chi connectivity index (χ1n) is 11.0. The molecule has 2 heterocycles. The summed E-state index contributed by atoms with van der Waals surface area (Å²) >= 11 is 1.34. The van der Waals surface area contributed by atoms with Crippen LogP contribution in [0.1, 0.15) is 38.8 Å². The Morgan fingerprint density at radius 3 is 2.29 bits per heavy atom. The molecule has 1 unspecified atom stereocenters. The number of nitrogens with zero attached hydrogens (tertiary/aromatic N) is 3. The number of hydrogen-bond donors (Lipinski definition) is 0. The summed E-state index contributed by atoms with van der Waals surface area (Å²) in [6.07, 6.45) is 2.45. The molecular weight excluding hydrogens is 438 g/mol. The monoisotopic (exact) mass is 459 g/mol. The van der Waals surface area contributed by atoms with E-state index in [9.17, 15) is 10.1 Å². The van der Waals surface area contributed by atoms with Gasteiger partial charge in [-0.3, -0.25) is 9.80 Å². The van der Waals surface area contributed by atoms with Gasteiger partial charge < -0.3 is 0 Å². The summed E-state index contributed by atoms with van der Waals surface area (Å²) in [4.78, 5) is 13.1. The summed E-state index contributed by atoms with van der Waals surface area (Å²) in [5, 5.41) is 18.4. The lowest BCUT2D eigenvalue weighted by molar-refractivity contribution is 0.104. The zero-order valence-corrected chi connectivity index (χ0v) is 19.2. The van der Waals surface area contributed by atoms with Crippen LogP contribution in [0.4, 0.5) is 5.69 Å². The van der Waals surface area contributed by atoms with E-state index in [-0.39, 0.29) is 17.4 Å². The molecule has 1 atom stereocenters. The minimum atomic E-state index is -0.248. The molecule has 164 valence electrons. The van der Waals surface area contributed by atoms with Gasteiger partial charge in [0.05, 0.1) is 22.3 Å². The Morgan fingerprint density at radius 1 is 0.941 bits per heavy atom. The highest BCUT2D eigenvalue weighted by molar-refractivity contribution is 7.12. The number of hydrazone groups is 1. The van der Waals surface area contributed by atoms with Gasteiger partial charge in [-0.15, -0.1) is 11.3 Å². The maximum Gasteiger partial charge on any atom is 0.213 e. The standard InChI is InChI=1S/C29H21N3OS/c30-20-24(29(33)28-12-7-17-34-28)18-21-13-15-25(16-14-21)32-27(23-10-5-2-6-11-23)19-26(31-32)22-8-3-1-4-9-22/h1-18,27H,19H2/b24-18+. The Kier molecular flexibility index (Phi) is 6.15. The predicted molar refractivity (Wildman–Crippen MR) is 138 cm³/mol. The van der Waals surface area contributed by atoms with Crippen LogP contribution < -0.4 is 5.01 Å². The fraction of sp³-hybridized carbons (Fsp3) is 0.0690. The fourth-order valence-corrected chi connectivity index (χ4v) is 4.75. The van der Waals surface area contributed by atoms with Crippen LogP contribution in [0.25, 0.3) is 6.08 Å². The zero-order chi connectivity index (χ0) is 23.3. The molecule has 4 nitrogen and oxygen atoms in total. The van der Waals surface area contributed by atoms with Gasteiger partial charge in [-0.2, -0.15) is 10.4 Å². The van der Waals surface area contributed by atoms with Gasteiger partial charge in [0.15, 0.2) is 0 Å². The Morgan fingerprint density at radius 2 is 1.65 bits per heavy atom. The van der Waals surface area contributed by atoms with Crippen LogP contribution in [0.2, 0.25) is 0 Å². The molecular formula is C29H21N3OS. The van der Waals surface area contributed by atoms with E-state index in [2.05, 4.69) is 41.4 Å². The Balaban J connectivity index is 1.45. The molecule has 0 N–H and O–H groups in total. The third-order valence-corrected chi connectivity index (χ3v) is 6.65. The lowest BCUT2D eigenvalue weighted by Crippen LogP contribution is -2.18. The van der Waals surface area contributed by atoms with Crippen molar-refractivity contribution in [3.8, 4) is 6.07 Å². The number of benzene rings is 3. The molecule has 1 aliphatic heterocycles. The molecule has 5 heteroatoms. The van der Waals surface area contributed by atoms with Gasteiger partial charge in [0.2, 0.25) is 5.78 Å². The van der Waals surface area contributed by atoms with Crippen LogP contribution in [0.15, 0.2) is 113 Å². The average Bonchev–Trinajstić information content (AvgIpc) is 3.59. The van der Waals surface area contributed by atoms with Crippen molar-refractivity contribution in [3.63, 3.8) is 0 Å². The lowest BCUT2D eigenvalue weighted by atomic mass is 9.98. The van der Waals surface area contributed by atoms with Crippen molar-refractivity contribution >= 4 is 34.6 Å². The summed E-state index contributed by atoms with van der Waals surface area (Å²) in [6.45, 7) is 0. The highest BCUT2D eigenvalue weighted by atomic mass is 32.1. The molecule has 4 aromatic rings. The summed E-state index contributed by atoms with van der Waals surface area (Å²) in [5.74, 6) is -0.248. The van der Waals surface area contributed by atoms with Crippen molar-refractivity contribution in [2.75, 3.05) is 5.01 Å². The Hall–Kier alpha value is -4.27. The minimum Gasteiger partial charge on any atom is -0.287 e. The van der Waals surface area contributed by atoms with Crippen molar-refractivity contribution in [3.05, 3.63) is 130 Å². The molecule has 1 aromatic heterocycles. The first-order chi connectivity index (χ1) is 16.7. The molecule has 5 rings (SSSR count). The van der Waals surface area contributed by atoms with Crippen LogP contribution in [-0.2, 0) is 0 Å². The van der Waals surface area contributed by atoms with Crippen molar-refractivity contribution in [2.45, 2.75) is 12.5 Å². The third kappa shape index (κ3) is 4.45. The number of ketones is 1. The molecule has 0 spiro atoms. The minimum absolute atomic E-state index is 0.0906. The first kappa shape index (κ1) is 21.6. The number of carbonyl (C=O) groups excluding carboxylic acids is 1. The number of carbonyl (C=O) groups is 1. The van der Waals surface area contributed by atoms with E-state index in [0.717, 1.165) is 28.9 Å². The van der Waals surface area contributed by atoms with Gasteiger partial charge in [-0.25, -0.2) is 0 Å². The van der Waals surface area contributed by atoms with E-state index < -0.39 is 0 Å². The molecule has 0 aliphatic carbocycles. The maximum absolute atomic E-state index is 12.6. The number of hydrogen-bond acceptors (Lipinski definition) is 5. The van der Waals surface area contributed by atoms with Crippen LogP contribution in [0.3, 0.4) is 0 Å².